The molecule has 1 aliphatic heterocycles. The predicted octanol–water partition coefficient (Wildman–Crippen LogP) is 0.826. The van der Waals surface area contributed by atoms with E-state index in [1.807, 2.05) is 19.1 Å². The summed E-state index contributed by atoms with van der Waals surface area (Å²) in [7, 11) is -1.41. The fourth-order valence-corrected chi connectivity index (χ4v) is 4.07. The second-order valence-electron chi connectivity index (χ2n) is 5.50. The van der Waals surface area contributed by atoms with Gasteiger partial charge in [-0.05, 0) is 57.1 Å². The number of rotatable bonds is 4. The van der Waals surface area contributed by atoms with Gasteiger partial charge in [0.1, 0.15) is 0 Å². The van der Waals surface area contributed by atoms with E-state index < -0.39 is 10.0 Å². The maximum atomic E-state index is 12.5. The largest absolute Gasteiger partial charge is 0.326 e. The number of sulfonamides is 1. The van der Waals surface area contributed by atoms with E-state index in [4.69, 9.17) is 5.73 Å². The number of likely N-dealkylation sites (tertiary alicyclic amines) is 1. The van der Waals surface area contributed by atoms with Crippen LogP contribution >= 0.6 is 0 Å². The average molecular weight is 297 g/mol. The predicted molar refractivity (Wildman–Crippen MR) is 79.9 cm³/mol. The summed E-state index contributed by atoms with van der Waals surface area (Å²) in [6.45, 7) is 4.00. The Kier molecular flexibility index (Phi) is 4.80. The Morgan fingerprint density at radius 3 is 2.60 bits per heavy atom. The van der Waals surface area contributed by atoms with E-state index in [-0.39, 0.29) is 6.04 Å². The van der Waals surface area contributed by atoms with Crippen LogP contribution in [0.2, 0.25) is 0 Å². The highest BCUT2D eigenvalue weighted by Crippen LogP contribution is 2.19. The van der Waals surface area contributed by atoms with Crippen molar-refractivity contribution in [2.75, 3.05) is 20.1 Å². The molecule has 0 amide bonds. The number of nitrogens with zero attached hydrogens (tertiary/aromatic N) is 1. The lowest BCUT2D eigenvalue weighted by Crippen LogP contribution is -2.43. The Bertz CT molecular complexity index is 564. The van der Waals surface area contributed by atoms with Gasteiger partial charge in [-0.1, -0.05) is 12.1 Å². The lowest BCUT2D eigenvalue weighted by molar-refractivity contribution is 0.248. The first-order chi connectivity index (χ1) is 9.42. The summed E-state index contributed by atoms with van der Waals surface area (Å²) in [6, 6.07) is 5.37. The molecule has 1 aromatic rings. The fraction of sp³-hybridized carbons (Fsp3) is 0.571. The summed E-state index contributed by atoms with van der Waals surface area (Å²) in [6.07, 6.45) is 1.71. The van der Waals surface area contributed by atoms with Gasteiger partial charge in [0.2, 0.25) is 10.0 Å². The monoisotopic (exact) mass is 297 g/mol. The van der Waals surface area contributed by atoms with E-state index in [0.717, 1.165) is 37.1 Å². The van der Waals surface area contributed by atoms with E-state index >= 15 is 0 Å². The van der Waals surface area contributed by atoms with E-state index in [1.165, 1.54) is 0 Å². The molecule has 1 aromatic carbocycles. The second-order valence-corrected chi connectivity index (χ2v) is 7.19. The molecule has 20 heavy (non-hydrogen) atoms. The van der Waals surface area contributed by atoms with Crippen molar-refractivity contribution < 1.29 is 8.42 Å². The second kappa shape index (κ2) is 6.22. The van der Waals surface area contributed by atoms with Crippen LogP contribution in [-0.2, 0) is 16.6 Å². The highest BCUT2D eigenvalue weighted by molar-refractivity contribution is 7.89. The Hall–Kier alpha value is -0.950. The molecule has 1 saturated heterocycles. The molecule has 2 rings (SSSR count). The fourth-order valence-electron chi connectivity index (χ4n) is 2.47. The lowest BCUT2D eigenvalue weighted by atomic mass is 10.1. The van der Waals surface area contributed by atoms with Gasteiger partial charge in [-0.2, -0.15) is 0 Å². The number of benzene rings is 1. The maximum Gasteiger partial charge on any atom is 0.241 e. The standard InChI is InChI=1S/C14H23N3O2S/c1-11-3-4-12(10-15)9-14(11)20(18,19)16-13-5-7-17(2)8-6-13/h3-4,9,13,16H,5-8,10,15H2,1-2H3. The molecule has 3 N–H and O–H groups in total. The third-order valence-corrected chi connectivity index (χ3v) is 5.48. The van der Waals surface area contributed by atoms with Crippen LogP contribution in [0.15, 0.2) is 23.1 Å². The van der Waals surface area contributed by atoms with Gasteiger partial charge >= 0.3 is 0 Å². The van der Waals surface area contributed by atoms with Gasteiger partial charge in [-0.25, -0.2) is 13.1 Å². The van der Waals surface area contributed by atoms with Crippen LogP contribution < -0.4 is 10.5 Å². The van der Waals surface area contributed by atoms with Crippen molar-refractivity contribution >= 4 is 10.0 Å². The number of hydrogen-bond donors (Lipinski definition) is 2. The molecule has 0 atom stereocenters. The lowest BCUT2D eigenvalue weighted by Gasteiger charge is -2.29. The zero-order chi connectivity index (χ0) is 14.8. The van der Waals surface area contributed by atoms with E-state index in [0.29, 0.717) is 11.4 Å². The van der Waals surface area contributed by atoms with Crippen molar-refractivity contribution in [1.82, 2.24) is 9.62 Å². The minimum Gasteiger partial charge on any atom is -0.326 e. The summed E-state index contributed by atoms with van der Waals surface area (Å²) >= 11 is 0. The van der Waals surface area contributed by atoms with Gasteiger partial charge in [0.25, 0.3) is 0 Å². The number of hydrogen-bond acceptors (Lipinski definition) is 4. The average Bonchev–Trinajstić information content (AvgIpc) is 2.41. The molecule has 0 saturated carbocycles. The van der Waals surface area contributed by atoms with Gasteiger partial charge in [0, 0.05) is 12.6 Å². The van der Waals surface area contributed by atoms with Gasteiger partial charge in [-0.3, -0.25) is 0 Å². The van der Waals surface area contributed by atoms with Crippen LogP contribution in [0.25, 0.3) is 0 Å². The highest BCUT2D eigenvalue weighted by atomic mass is 32.2. The van der Waals surface area contributed by atoms with Crippen molar-refractivity contribution in [3.05, 3.63) is 29.3 Å². The van der Waals surface area contributed by atoms with E-state index in [1.54, 1.807) is 6.07 Å². The third-order valence-electron chi connectivity index (χ3n) is 3.82. The van der Waals surface area contributed by atoms with E-state index in [9.17, 15) is 8.42 Å². The Balaban J connectivity index is 2.18. The first-order valence-corrected chi connectivity index (χ1v) is 8.41. The number of piperidine rings is 1. The van der Waals surface area contributed by atoms with Crippen molar-refractivity contribution in [2.24, 2.45) is 5.73 Å². The first-order valence-electron chi connectivity index (χ1n) is 6.93. The molecule has 5 nitrogen and oxygen atoms in total. The van der Waals surface area contributed by atoms with Crippen molar-refractivity contribution in [1.29, 1.82) is 0 Å². The van der Waals surface area contributed by atoms with Crippen LogP contribution in [0.1, 0.15) is 24.0 Å². The zero-order valence-electron chi connectivity index (χ0n) is 12.1. The first kappa shape index (κ1) is 15.4. The van der Waals surface area contributed by atoms with Crippen LogP contribution in [0.3, 0.4) is 0 Å². The Morgan fingerprint density at radius 2 is 2.00 bits per heavy atom. The zero-order valence-corrected chi connectivity index (χ0v) is 12.9. The van der Waals surface area contributed by atoms with Gasteiger partial charge < -0.3 is 10.6 Å². The van der Waals surface area contributed by atoms with Crippen molar-refractivity contribution in [2.45, 2.75) is 37.2 Å². The molecule has 1 aliphatic rings. The molecule has 6 heteroatoms. The van der Waals surface area contributed by atoms with E-state index in [2.05, 4.69) is 16.7 Å². The molecule has 1 heterocycles. The Morgan fingerprint density at radius 1 is 1.35 bits per heavy atom. The molecule has 0 aromatic heterocycles. The molecule has 0 radical (unpaired) electrons. The Labute approximate surface area is 121 Å². The molecule has 0 unspecified atom stereocenters. The number of nitrogens with two attached hydrogens (primary N) is 1. The molecular formula is C14H23N3O2S. The normalized spacial score (nSPS) is 18.4. The minimum absolute atomic E-state index is 0.0251. The molecule has 1 fully saturated rings. The molecule has 0 aliphatic carbocycles. The SMILES string of the molecule is Cc1ccc(CN)cc1S(=O)(=O)NC1CCN(C)CC1. The third kappa shape index (κ3) is 3.58. The summed E-state index contributed by atoms with van der Waals surface area (Å²) in [4.78, 5) is 2.56. The number of nitrogens with one attached hydrogen (secondary N) is 1. The van der Waals surface area contributed by atoms with Gasteiger partial charge in [0.15, 0.2) is 0 Å². The maximum absolute atomic E-state index is 12.5. The molecule has 0 spiro atoms. The summed E-state index contributed by atoms with van der Waals surface area (Å²) in [5.41, 5.74) is 7.18. The van der Waals surface area contributed by atoms with Crippen LogP contribution in [0, 0.1) is 6.92 Å². The quantitative estimate of drug-likeness (QED) is 0.863. The molecular weight excluding hydrogens is 274 g/mol. The topological polar surface area (TPSA) is 75.4 Å². The highest BCUT2D eigenvalue weighted by Gasteiger charge is 2.24. The summed E-state index contributed by atoms with van der Waals surface area (Å²) in [5.74, 6) is 0. The smallest absolute Gasteiger partial charge is 0.241 e. The molecule has 0 bridgehead atoms. The number of aryl methyl sites for hydroxylation is 1. The van der Waals surface area contributed by atoms with Crippen LogP contribution in [0.5, 0.6) is 0 Å². The minimum atomic E-state index is -3.46. The van der Waals surface area contributed by atoms with Crippen molar-refractivity contribution in [3.63, 3.8) is 0 Å². The van der Waals surface area contributed by atoms with Gasteiger partial charge in [0.05, 0.1) is 4.90 Å². The summed E-state index contributed by atoms with van der Waals surface area (Å²) < 4.78 is 27.8. The molecule has 112 valence electrons. The van der Waals surface area contributed by atoms with Crippen LogP contribution in [0.4, 0.5) is 0 Å². The summed E-state index contributed by atoms with van der Waals surface area (Å²) in [5, 5.41) is 0. The van der Waals surface area contributed by atoms with Crippen molar-refractivity contribution in [3.8, 4) is 0 Å². The van der Waals surface area contributed by atoms with Crippen LogP contribution in [-0.4, -0.2) is 39.5 Å². The van der Waals surface area contributed by atoms with Gasteiger partial charge in [-0.15, -0.1) is 0 Å².